The summed E-state index contributed by atoms with van der Waals surface area (Å²) in [6.45, 7) is 4.44. The SMILES string of the molecule is CC(=O)Nc1ccc2nc(CN3CCCC(c4ccncn4)C3)ccc2c1. The number of hydrogen-bond donors (Lipinski definition) is 1. The molecule has 2 aromatic heterocycles. The van der Waals surface area contributed by atoms with Crippen LogP contribution in [0.5, 0.6) is 0 Å². The van der Waals surface area contributed by atoms with Crippen molar-refractivity contribution in [3.8, 4) is 0 Å². The fourth-order valence-electron chi connectivity index (χ4n) is 3.75. The lowest BCUT2D eigenvalue weighted by atomic mass is 9.94. The van der Waals surface area contributed by atoms with Crippen molar-refractivity contribution in [3.63, 3.8) is 0 Å². The first-order chi connectivity index (χ1) is 13.2. The molecule has 1 saturated heterocycles. The molecule has 6 nitrogen and oxygen atoms in total. The smallest absolute Gasteiger partial charge is 0.221 e. The molecule has 27 heavy (non-hydrogen) atoms. The average Bonchev–Trinajstić information content (AvgIpc) is 2.68. The molecular formula is C21H23N5O. The molecule has 1 N–H and O–H groups in total. The standard InChI is InChI=1S/C21H23N5O/c1-15(27)24-18-6-7-21-16(11-18)4-5-19(25-21)13-26-10-2-3-17(12-26)20-8-9-22-14-23-20/h4-9,11,14,17H,2-3,10,12-13H2,1H3,(H,24,27). The van der Waals surface area contributed by atoms with E-state index >= 15 is 0 Å². The molecular weight excluding hydrogens is 338 g/mol. The molecule has 0 radical (unpaired) electrons. The van der Waals surface area contributed by atoms with Crippen molar-refractivity contribution in [1.82, 2.24) is 19.9 Å². The number of likely N-dealkylation sites (tertiary alicyclic amines) is 1. The van der Waals surface area contributed by atoms with Gasteiger partial charge in [-0.25, -0.2) is 9.97 Å². The van der Waals surface area contributed by atoms with Crippen LogP contribution < -0.4 is 5.32 Å². The van der Waals surface area contributed by atoms with Gasteiger partial charge in [-0.15, -0.1) is 0 Å². The fraction of sp³-hybridized carbons (Fsp3) is 0.333. The van der Waals surface area contributed by atoms with Crippen LogP contribution in [0, 0.1) is 0 Å². The third-order valence-corrected chi connectivity index (χ3v) is 4.98. The lowest BCUT2D eigenvalue weighted by Crippen LogP contribution is -2.34. The van der Waals surface area contributed by atoms with Gasteiger partial charge in [-0.05, 0) is 49.7 Å². The van der Waals surface area contributed by atoms with E-state index in [2.05, 4.69) is 32.3 Å². The van der Waals surface area contributed by atoms with E-state index < -0.39 is 0 Å². The lowest BCUT2D eigenvalue weighted by Gasteiger charge is -2.32. The van der Waals surface area contributed by atoms with Crippen LogP contribution in [0.3, 0.4) is 0 Å². The number of anilines is 1. The van der Waals surface area contributed by atoms with E-state index in [0.29, 0.717) is 5.92 Å². The van der Waals surface area contributed by atoms with Crippen LogP contribution in [0.2, 0.25) is 0 Å². The number of rotatable bonds is 4. The Balaban J connectivity index is 1.47. The normalized spacial score (nSPS) is 17.7. The summed E-state index contributed by atoms with van der Waals surface area (Å²) < 4.78 is 0. The minimum Gasteiger partial charge on any atom is -0.326 e. The molecule has 3 aromatic rings. The Morgan fingerprint density at radius 2 is 2.19 bits per heavy atom. The summed E-state index contributed by atoms with van der Waals surface area (Å²) >= 11 is 0. The summed E-state index contributed by atoms with van der Waals surface area (Å²) in [7, 11) is 0. The first-order valence-electron chi connectivity index (χ1n) is 9.33. The van der Waals surface area contributed by atoms with Gasteiger partial charge in [0.1, 0.15) is 6.33 Å². The molecule has 0 bridgehead atoms. The largest absolute Gasteiger partial charge is 0.326 e. The van der Waals surface area contributed by atoms with Gasteiger partial charge in [0.2, 0.25) is 5.91 Å². The number of nitrogens with one attached hydrogen (secondary N) is 1. The van der Waals surface area contributed by atoms with Crippen molar-refractivity contribution in [3.05, 3.63) is 60.3 Å². The lowest BCUT2D eigenvalue weighted by molar-refractivity contribution is -0.114. The third kappa shape index (κ3) is 4.28. The minimum atomic E-state index is -0.0673. The molecule has 0 spiro atoms. The zero-order chi connectivity index (χ0) is 18.6. The number of benzene rings is 1. The summed E-state index contributed by atoms with van der Waals surface area (Å²) in [5, 5.41) is 3.84. The van der Waals surface area contributed by atoms with Crippen LogP contribution in [0.1, 0.15) is 37.1 Å². The molecule has 1 amide bonds. The number of nitrogens with zero attached hydrogens (tertiary/aromatic N) is 4. The second kappa shape index (κ2) is 7.80. The third-order valence-electron chi connectivity index (χ3n) is 4.98. The van der Waals surface area contributed by atoms with E-state index in [9.17, 15) is 4.79 Å². The maximum absolute atomic E-state index is 11.2. The first kappa shape index (κ1) is 17.5. The quantitative estimate of drug-likeness (QED) is 0.771. The van der Waals surface area contributed by atoms with Crippen molar-refractivity contribution in [2.24, 2.45) is 0 Å². The number of fused-ring (bicyclic) bond motifs is 1. The average molecular weight is 361 g/mol. The number of pyridine rings is 1. The highest BCUT2D eigenvalue weighted by Crippen LogP contribution is 2.26. The van der Waals surface area contributed by atoms with Gasteiger partial charge < -0.3 is 5.32 Å². The molecule has 1 fully saturated rings. The van der Waals surface area contributed by atoms with Gasteiger partial charge in [-0.1, -0.05) is 6.07 Å². The Morgan fingerprint density at radius 1 is 1.26 bits per heavy atom. The van der Waals surface area contributed by atoms with Crippen LogP contribution in [-0.2, 0) is 11.3 Å². The van der Waals surface area contributed by atoms with Gasteiger partial charge >= 0.3 is 0 Å². The molecule has 138 valence electrons. The van der Waals surface area contributed by atoms with Gasteiger partial charge in [-0.2, -0.15) is 0 Å². The van der Waals surface area contributed by atoms with Crippen molar-refractivity contribution >= 4 is 22.5 Å². The molecule has 0 saturated carbocycles. The number of carbonyl (C=O) groups excluding carboxylic acids is 1. The maximum atomic E-state index is 11.2. The van der Waals surface area contributed by atoms with Gasteiger partial charge in [0, 0.05) is 48.9 Å². The highest BCUT2D eigenvalue weighted by molar-refractivity contribution is 5.92. The van der Waals surface area contributed by atoms with Crippen LogP contribution >= 0.6 is 0 Å². The van der Waals surface area contributed by atoms with Crippen LogP contribution in [0.4, 0.5) is 5.69 Å². The molecule has 4 rings (SSSR count). The highest BCUT2D eigenvalue weighted by atomic mass is 16.1. The number of aromatic nitrogens is 3. The predicted octanol–water partition coefficient (Wildman–Crippen LogP) is 3.36. The van der Waals surface area contributed by atoms with Crippen LogP contribution in [0.15, 0.2) is 48.9 Å². The van der Waals surface area contributed by atoms with Crippen molar-refractivity contribution in [1.29, 1.82) is 0 Å². The van der Waals surface area contributed by atoms with E-state index in [1.807, 2.05) is 30.5 Å². The summed E-state index contributed by atoms with van der Waals surface area (Å²) in [6.07, 6.45) is 5.79. The minimum absolute atomic E-state index is 0.0673. The second-order valence-electron chi connectivity index (χ2n) is 7.10. The van der Waals surface area contributed by atoms with Crippen molar-refractivity contribution in [2.75, 3.05) is 18.4 Å². The van der Waals surface area contributed by atoms with Crippen LogP contribution in [0.25, 0.3) is 10.9 Å². The van der Waals surface area contributed by atoms with E-state index in [1.54, 1.807) is 6.33 Å². The molecule has 0 aliphatic carbocycles. The van der Waals surface area contributed by atoms with Crippen molar-refractivity contribution in [2.45, 2.75) is 32.2 Å². The van der Waals surface area contributed by atoms with E-state index in [-0.39, 0.29) is 5.91 Å². The predicted molar refractivity (Wildman–Crippen MR) is 105 cm³/mol. The Bertz CT molecular complexity index is 944. The molecule has 1 atom stereocenters. The molecule has 1 aliphatic rings. The van der Waals surface area contributed by atoms with Crippen LogP contribution in [-0.4, -0.2) is 38.8 Å². The Morgan fingerprint density at radius 3 is 3.00 bits per heavy atom. The van der Waals surface area contributed by atoms with E-state index in [1.165, 1.54) is 19.8 Å². The van der Waals surface area contributed by atoms with Gasteiger partial charge in [-0.3, -0.25) is 14.7 Å². The fourth-order valence-corrected chi connectivity index (χ4v) is 3.75. The first-order valence-corrected chi connectivity index (χ1v) is 9.33. The zero-order valence-corrected chi connectivity index (χ0v) is 15.4. The number of amides is 1. The summed E-state index contributed by atoms with van der Waals surface area (Å²) in [4.78, 5) is 26.9. The Labute approximate surface area is 158 Å². The van der Waals surface area contributed by atoms with E-state index in [0.717, 1.165) is 47.6 Å². The number of piperidine rings is 1. The van der Waals surface area contributed by atoms with Gasteiger partial charge in [0.15, 0.2) is 0 Å². The number of carbonyl (C=O) groups is 1. The Kier molecular flexibility index (Phi) is 5.07. The van der Waals surface area contributed by atoms with Gasteiger partial charge in [0.05, 0.1) is 11.2 Å². The molecule has 3 heterocycles. The van der Waals surface area contributed by atoms with Gasteiger partial charge in [0.25, 0.3) is 0 Å². The Hall–Kier alpha value is -2.86. The molecule has 1 aromatic carbocycles. The highest BCUT2D eigenvalue weighted by Gasteiger charge is 2.22. The molecule has 6 heteroatoms. The second-order valence-corrected chi connectivity index (χ2v) is 7.10. The van der Waals surface area contributed by atoms with E-state index in [4.69, 9.17) is 4.98 Å². The topological polar surface area (TPSA) is 71.0 Å². The maximum Gasteiger partial charge on any atom is 0.221 e. The number of hydrogen-bond acceptors (Lipinski definition) is 5. The molecule has 1 unspecified atom stereocenters. The zero-order valence-electron chi connectivity index (χ0n) is 15.4. The summed E-state index contributed by atoms with van der Waals surface area (Å²) in [6, 6.07) is 12.0. The summed E-state index contributed by atoms with van der Waals surface area (Å²) in [5.41, 5.74) is 3.95. The van der Waals surface area contributed by atoms with Crippen molar-refractivity contribution < 1.29 is 4.79 Å². The summed E-state index contributed by atoms with van der Waals surface area (Å²) in [5.74, 6) is 0.393. The monoisotopic (exact) mass is 361 g/mol. The molecule has 1 aliphatic heterocycles.